The molecule has 106 valence electrons. The van der Waals surface area contributed by atoms with Gasteiger partial charge in [0.25, 0.3) is 0 Å². The van der Waals surface area contributed by atoms with Crippen LogP contribution in [0.3, 0.4) is 0 Å². The SMILES string of the molecule is CNC(Cc1cc(F)ccc1C)c1ccc(Cl)cc1F. The van der Waals surface area contributed by atoms with E-state index in [1.165, 1.54) is 18.2 Å². The molecule has 0 saturated heterocycles. The smallest absolute Gasteiger partial charge is 0.129 e. The highest BCUT2D eigenvalue weighted by Crippen LogP contribution is 2.25. The molecule has 1 unspecified atom stereocenters. The summed E-state index contributed by atoms with van der Waals surface area (Å²) in [7, 11) is 1.76. The lowest BCUT2D eigenvalue weighted by Crippen LogP contribution is -2.20. The molecule has 0 heterocycles. The Hall–Kier alpha value is -1.45. The van der Waals surface area contributed by atoms with Crippen LogP contribution in [0.25, 0.3) is 0 Å². The van der Waals surface area contributed by atoms with E-state index in [4.69, 9.17) is 11.6 Å². The van der Waals surface area contributed by atoms with Crippen molar-refractivity contribution in [3.63, 3.8) is 0 Å². The minimum absolute atomic E-state index is 0.229. The number of halogens is 3. The Bertz CT molecular complexity index is 613. The third kappa shape index (κ3) is 3.35. The Morgan fingerprint density at radius 2 is 1.90 bits per heavy atom. The highest BCUT2D eigenvalue weighted by atomic mass is 35.5. The van der Waals surface area contributed by atoms with Crippen LogP contribution in [0.5, 0.6) is 0 Å². The van der Waals surface area contributed by atoms with Crippen molar-refractivity contribution in [1.29, 1.82) is 0 Å². The Morgan fingerprint density at radius 3 is 2.55 bits per heavy atom. The van der Waals surface area contributed by atoms with Crippen molar-refractivity contribution >= 4 is 11.6 Å². The van der Waals surface area contributed by atoms with E-state index in [-0.39, 0.29) is 17.7 Å². The summed E-state index contributed by atoms with van der Waals surface area (Å²) in [6.07, 6.45) is 0.513. The third-order valence-electron chi connectivity index (χ3n) is 3.42. The molecular weight excluding hydrogens is 280 g/mol. The molecule has 2 aromatic rings. The lowest BCUT2D eigenvalue weighted by Gasteiger charge is -2.19. The molecule has 0 aliphatic carbocycles. The van der Waals surface area contributed by atoms with Crippen molar-refractivity contribution in [3.8, 4) is 0 Å². The molecule has 2 rings (SSSR count). The molecule has 2 aromatic carbocycles. The first kappa shape index (κ1) is 14.9. The van der Waals surface area contributed by atoms with E-state index < -0.39 is 0 Å². The normalized spacial score (nSPS) is 12.4. The van der Waals surface area contributed by atoms with Crippen LogP contribution in [0, 0.1) is 18.6 Å². The lowest BCUT2D eigenvalue weighted by molar-refractivity contribution is 0.531. The first-order valence-electron chi connectivity index (χ1n) is 6.38. The molecule has 1 N–H and O–H groups in total. The second kappa shape index (κ2) is 6.33. The fourth-order valence-electron chi connectivity index (χ4n) is 2.23. The Balaban J connectivity index is 2.31. The summed E-state index contributed by atoms with van der Waals surface area (Å²) in [5, 5.41) is 3.43. The maximum absolute atomic E-state index is 14.0. The van der Waals surface area contributed by atoms with Crippen LogP contribution in [0.1, 0.15) is 22.7 Å². The van der Waals surface area contributed by atoms with Crippen LogP contribution in [0.15, 0.2) is 36.4 Å². The zero-order valence-electron chi connectivity index (χ0n) is 11.4. The van der Waals surface area contributed by atoms with Gasteiger partial charge in [0.1, 0.15) is 11.6 Å². The summed E-state index contributed by atoms with van der Waals surface area (Å²) >= 11 is 5.76. The monoisotopic (exact) mass is 295 g/mol. The van der Waals surface area contributed by atoms with Gasteiger partial charge >= 0.3 is 0 Å². The molecule has 0 aliphatic rings. The summed E-state index contributed by atoms with van der Waals surface area (Å²) in [5.74, 6) is -0.636. The van der Waals surface area contributed by atoms with Gasteiger partial charge in [0, 0.05) is 16.6 Å². The van der Waals surface area contributed by atoms with E-state index in [0.29, 0.717) is 17.0 Å². The van der Waals surface area contributed by atoms with Gasteiger partial charge in [-0.3, -0.25) is 0 Å². The number of benzene rings is 2. The van der Waals surface area contributed by atoms with Crippen molar-refractivity contribution in [2.45, 2.75) is 19.4 Å². The van der Waals surface area contributed by atoms with Gasteiger partial charge in [-0.05, 0) is 55.8 Å². The Morgan fingerprint density at radius 1 is 1.15 bits per heavy atom. The molecular formula is C16H16ClF2N. The molecule has 1 atom stereocenters. The number of aryl methyl sites for hydroxylation is 1. The fourth-order valence-corrected chi connectivity index (χ4v) is 2.39. The van der Waals surface area contributed by atoms with Crippen molar-refractivity contribution in [2.75, 3.05) is 7.05 Å². The topological polar surface area (TPSA) is 12.0 Å². The van der Waals surface area contributed by atoms with Crippen LogP contribution in [-0.4, -0.2) is 7.05 Å². The van der Waals surface area contributed by atoms with Gasteiger partial charge in [0.15, 0.2) is 0 Å². The van der Waals surface area contributed by atoms with E-state index in [1.54, 1.807) is 25.2 Å². The van der Waals surface area contributed by atoms with Crippen molar-refractivity contribution < 1.29 is 8.78 Å². The number of likely N-dealkylation sites (N-methyl/N-ethyl adjacent to an activating group) is 1. The molecule has 0 saturated carbocycles. The molecule has 0 fully saturated rings. The maximum atomic E-state index is 14.0. The molecule has 0 aromatic heterocycles. The van der Waals surface area contributed by atoms with Crippen LogP contribution < -0.4 is 5.32 Å². The van der Waals surface area contributed by atoms with Gasteiger partial charge in [-0.25, -0.2) is 8.78 Å². The standard InChI is InChI=1S/C16H16ClF2N/c1-10-3-5-13(18)7-11(10)8-16(20-2)14-6-4-12(17)9-15(14)19/h3-7,9,16,20H,8H2,1-2H3. The van der Waals surface area contributed by atoms with E-state index in [9.17, 15) is 8.78 Å². The van der Waals surface area contributed by atoms with Gasteiger partial charge in [-0.1, -0.05) is 23.7 Å². The predicted molar refractivity (Wildman–Crippen MR) is 78.1 cm³/mol. The van der Waals surface area contributed by atoms with Crippen molar-refractivity contribution in [2.24, 2.45) is 0 Å². The minimum atomic E-state index is -0.356. The Kier molecular flexibility index (Phi) is 4.73. The maximum Gasteiger partial charge on any atom is 0.129 e. The molecule has 0 radical (unpaired) electrons. The highest BCUT2D eigenvalue weighted by Gasteiger charge is 2.16. The summed E-state index contributed by atoms with van der Waals surface area (Å²) < 4.78 is 27.3. The molecule has 0 bridgehead atoms. The van der Waals surface area contributed by atoms with Crippen LogP contribution in [-0.2, 0) is 6.42 Å². The minimum Gasteiger partial charge on any atom is -0.313 e. The Labute approximate surface area is 122 Å². The second-order valence-electron chi connectivity index (χ2n) is 4.78. The quantitative estimate of drug-likeness (QED) is 0.880. The predicted octanol–water partition coefficient (Wildman–Crippen LogP) is 4.43. The molecule has 20 heavy (non-hydrogen) atoms. The van der Waals surface area contributed by atoms with E-state index in [1.807, 2.05) is 6.92 Å². The van der Waals surface area contributed by atoms with Crippen LogP contribution in [0.2, 0.25) is 5.02 Å². The largest absolute Gasteiger partial charge is 0.313 e. The lowest BCUT2D eigenvalue weighted by atomic mass is 9.96. The van der Waals surface area contributed by atoms with E-state index >= 15 is 0 Å². The van der Waals surface area contributed by atoms with E-state index in [2.05, 4.69) is 5.32 Å². The van der Waals surface area contributed by atoms with Gasteiger partial charge in [-0.15, -0.1) is 0 Å². The van der Waals surface area contributed by atoms with Gasteiger partial charge < -0.3 is 5.32 Å². The van der Waals surface area contributed by atoms with Crippen molar-refractivity contribution in [1.82, 2.24) is 5.32 Å². The zero-order chi connectivity index (χ0) is 14.7. The average Bonchev–Trinajstić information content (AvgIpc) is 2.40. The molecule has 4 heteroatoms. The van der Waals surface area contributed by atoms with Crippen molar-refractivity contribution in [3.05, 3.63) is 69.7 Å². The van der Waals surface area contributed by atoms with E-state index in [0.717, 1.165) is 11.1 Å². The van der Waals surface area contributed by atoms with Crippen LogP contribution >= 0.6 is 11.6 Å². The van der Waals surface area contributed by atoms with Gasteiger partial charge in [-0.2, -0.15) is 0 Å². The first-order valence-corrected chi connectivity index (χ1v) is 6.76. The molecule has 0 amide bonds. The summed E-state index contributed by atoms with van der Waals surface area (Å²) in [4.78, 5) is 0. The number of rotatable bonds is 4. The molecule has 0 spiro atoms. The second-order valence-corrected chi connectivity index (χ2v) is 5.22. The number of hydrogen-bond acceptors (Lipinski definition) is 1. The average molecular weight is 296 g/mol. The summed E-state index contributed by atoms with van der Waals surface area (Å²) in [6.45, 7) is 1.92. The molecule has 0 aliphatic heterocycles. The third-order valence-corrected chi connectivity index (χ3v) is 3.66. The highest BCUT2D eigenvalue weighted by molar-refractivity contribution is 6.30. The molecule has 1 nitrogen and oxygen atoms in total. The summed E-state index contributed by atoms with van der Waals surface area (Å²) in [5.41, 5.74) is 2.38. The summed E-state index contributed by atoms with van der Waals surface area (Å²) in [6, 6.07) is 9.03. The first-order chi connectivity index (χ1) is 9.51. The van der Waals surface area contributed by atoms with Gasteiger partial charge in [0.2, 0.25) is 0 Å². The van der Waals surface area contributed by atoms with Crippen LogP contribution in [0.4, 0.5) is 8.78 Å². The fraction of sp³-hybridized carbons (Fsp3) is 0.250. The zero-order valence-corrected chi connectivity index (χ0v) is 12.1. The number of hydrogen-bond donors (Lipinski definition) is 1. The number of nitrogens with one attached hydrogen (secondary N) is 1. The van der Waals surface area contributed by atoms with Gasteiger partial charge in [0.05, 0.1) is 0 Å².